The number of benzene rings is 2. The summed E-state index contributed by atoms with van der Waals surface area (Å²) in [5.74, 6) is 0. The Balaban J connectivity index is 1.77. The van der Waals surface area contributed by atoms with Gasteiger partial charge in [-0.3, -0.25) is 10.8 Å². The van der Waals surface area contributed by atoms with Gasteiger partial charge in [-0.15, -0.1) is 0 Å². The third kappa shape index (κ3) is 3.65. The van der Waals surface area contributed by atoms with Crippen molar-refractivity contribution in [3.8, 4) is 22.5 Å². The van der Waals surface area contributed by atoms with E-state index in [0.29, 0.717) is 10.6 Å². The van der Waals surface area contributed by atoms with E-state index in [4.69, 9.17) is 33.1 Å². The molecule has 2 aromatic heterocycles. The highest BCUT2D eigenvalue weighted by Crippen LogP contribution is 2.31. The van der Waals surface area contributed by atoms with E-state index in [1.54, 1.807) is 0 Å². The van der Waals surface area contributed by atoms with Gasteiger partial charge in [-0.05, 0) is 48.2 Å². The first-order valence-electron chi connectivity index (χ1n) is 8.46. The molecule has 0 fully saturated rings. The summed E-state index contributed by atoms with van der Waals surface area (Å²) in [5.41, 5.74) is 10.7. The SMILES string of the molecule is N=C(N)SC(=N)c1ccc2[nH]cc(-c3cccc(-c4ccc(Cl)cc4)n3)c2c1. The Hall–Kier alpha value is -3.09. The van der Waals surface area contributed by atoms with Crippen molar-refractivity contribution < 1.29 is 0 Å². The highest BCUT2D eigenvalue weighted by Gasteiger charge is 2.12. The van der Waals surface area contributed by atoms with Crippen molar-refractivity contribution in [1.29, 1.82) is 10.8 Å². The molecule has 0 aliphatic carbocycles. The minimum Gasteiger partial charge on any atom is -0.378 e. The Kier molecular flexibility index (Phi) is 4.90. The first-order chi connectivity index (χ1) is 13.5. The van der Waals surface area contributed by atoms with Gasteiger partial charge in [0.15, 0.2) is 5.17 Å². The summed E-state index contributed by atoms with van der Waals surface area (Å²) in [4.78, 5) is 8.07. The van der Waals surface area contributed by atoms with Crippen molar-refractivity contribution in [1.82, 2.24) is 9.97 Å². The van der Waals surface area contributed by atoms with Gasteiger partial charge in [0.2, 0.25) is 0 Å². The molecule has 0 radical (unpaired) electrons. The third-order valence-electron chi connectivity index (χ3n) is 4.32. The second-order valence-corrected chi connectivity index (χ2v) is 7.66. The van der Waals surface area contributed by atoms with Gasteiger partial charge in [-0.2, -0.15) is 0 Å². The summed E-state index contributed by atoms with van der Waals surface area (Å²) in [7, 11) is 0. The van der Waals surface area contributed by atoms with Gasteiger partial charge in [0.25, 0.3) is 0 Å². The predicted octanol–water partition coefficient (Wildman–Crippen LogP) is 5.50. The van der Waals surface area contributed by atoms with Crippen molar-refractivity contribution >= 4 is 44.5 Å². The number of nitrogens with one attached hydrogen (secondary N) is 3. The van der Waals surface area contributed by atoms with Crippen LogP contribution in [-0.2, 0) is 0 Å². The van der Waals surface area contributed by atoms with Crippen molar-refractivity contribution in [3.05, 3.63) is 77.4 Å². The number of H-pyrrole nitrogens is 1. The maximum Gasteiger partial charge on any atom is 0.157 e. The number of halogens is 1. The van der Waals surface area contributed by atoms with E-state index < -0.39 is 0 Å². The normalized spacial score (nSPS) is 10.9. The van der Waals surface area contributed by atoms with E-state index in [2.05, 4.69) is 4.98 Å². The van der Waals surface area contributed by atoms with Crippen LogP contribution in [0.5, 0.6) is 0 Å². The van der Waals surface area contributed by atoms with Crippen molar-refractivity contribution in [3.63, 3.8) is 0 Å². The van der Waals surface area contributed by atoms with E-state index in [9.17, 15) is 0 Å². The number of aromatic nitrogens is 2. The van der Waals surface area contributed by atoms with Crippen LogP contribution in [0.15, 0.2) is 66.9 Å². The molecule has 0 saturated carbocycles. The van der Waals surface area contributed by atoms with Gasteiger partial charge in [0.1, 0.15) is 5.04 Å². The number of hydrogen-bond donors (Lipinski definition) is 4. The van der Waals surface area contributed by atoms with Gasteiger partial charge in [0, 0.05) is 38.8 Å². The van der Waals surface area contributed by atoms with Crippen LogP contribution in [0.2, 0.25) is 5.02 Å². The summed E-state index contributed by atoms with van der Waals surface area (Å²) >= 11 is 6.91. The fraction of sp³-hybridized carbons (Fsp3) is 0. The lowest BCUT2D eigenvalue weighted by Gasteiger charge is -2.06. The lowest BCUT2D eigenvalue weighted by molar-refractivity contribution is 1.32. The maximum atomic E-state index is 8.13. The lowest BCUT2D eigenvalue weighted by Crippen LogP contribution is -2.08. The molecule has 0 amide bonds. The van der Waals surface area contributed by atoms with Crippen molar-refractivity contribution in [2.24, 2.45) is 5.73 Å². The summed E-state index contributed by atoms with van der Waals surface area (Å²) in [6.45, 7) is 0. The van der Waals surface area contributed by atoms with Crippen LogP contribution in [-0.4, -0.2) is 20.2 Å². The molecular weight excluding hydrogens is 390 g/mol. The Morgan fingerprint density at radius 2 is 1.75 bits per heavy atom. The zero-order chi connectivity index (χ0) is 19.7. The molecule has 0 bridgehead atoms. The Bertz CT molecular complexity index is 1200. The molecule has 0 aliphatic heterocycles. The summed E-state index contributed by atoms with van der Waals surface area (Å²) < 4.78 is 0. The molecule has 2 aromatic carbocycles. The average Bonchev–Trinajstić information content (AvgIpc) is 3.11. The number of pyridine rings is 1. The first-order valence-corrected chi connectivity index (χ1v) is 9.66. The molecule has 4 rings (SSSR count). The second-order valence-electron chi connectivity index (χ2n) is 6.17. The van der Waals surface area contributed by atoms with Gasteiger partial charge in [-0.1, -0.05) is 35.9 Å². The van der Waals surface area contributed by atoms with Gasteiger partial charge >= 0.3 is 0 Å². The van der Waals surface area contributed by atoms with E-state index in [1.165, 1.54) is 0 Å². The number of rotatable bonds is 3. The van der Waals surface area contributed by atoms with Crippen LogP contribution < -0.4 is 5.73 Å². The lowest BCUT2D eigenvalue weighted by atomic mass is 10.1. The quantitative estimate of drug-likeness (QED) is 0.267. The fourth-order valence-corrected chi connectivity index (χ4v) is 3.60. The van der Waals surface area contributed by atoms with Gasteiger partial charge in [0.05, 0.1) is 11.4 Å². The number of hydrogen-bond acceptors (Lipinski definition) is 4. The second kappa shape index (κ2) is 7.50. The number of nitrogens with zero attached hydrogens (tertiary/aromatic N) is 1. The smallest absolute Gasteiger partial charge is 0.157 e. The molecule has 0 saturated heterocycles. The van der Waals surface area contributed by atoms with Crippen LogP contribution in [0.1, 0.15) is 5.56 Å². The first kappa shape index (κ1) is 18.3. The minimum atomic E-state index is -0.100. The molecule has 138 valence electrons. The van der Waals surface area contributed by atoms with Crippen molar-refractivity contribution in [2.75, 3.05) is 0 Å². The van der Waals surface area contributed by atoms with E-state index in [1.807, 2.05) is 66.9 Å². The summed E-state index contributed by atoms with van der Waals surface area (Å²) in [6.07, 6.45) is 1.92. The number of thioether (sulfide) groups is 1. The molecule has 4 aromatic rings. The predicted molar refractivity (Wildman–Crippen MR) is 118 cm³/mol. The molecule has 0 unspecified atom stereocenters. The Morgan fingerprint density at radius 3 is 2.50 bits per heavy atom. The molecule has 0 atom stereocenters. The largest absolute Gasteiger partial charge is 0.378 e. The average molecular weight is 406 g/mol. The van der Waals surface area contributed by atoms with Gasteiger partial charge < -0.3 is 10.7 Å². The molecule has 28 heavy (non-hydrogen) atoms. The molecule has 5 N–H and O–H groups in total. The monoisotopic (exact) mass is 405 g/mol. The molecule has 0 spiro atoms. The topological polar surface area (TPSA) is 102 Å². The van der Waals surface area contributed by atoms with Crippen LogP contribution in [0.4, 0.5) is 0 Å². The molecule has 5 nitrogen and oxygen atoms in total. The van der Waals surface area contributed by atoms with Crippen LogP contribution in [0.3, 0.4) is 0 Å². The highest BCUT2D eigenvalue weighted by molar-refractivity contribution is 8.26. The van der Waals surface area contributed by atoms with Crippen LogP contribution >= 0.6 is 23.4 Å². The molecule has 2 heterocycles. The maximum absolute atomic E-state index is 8.13. The standard InChI is InChI=1S/C21H16ClN5S/c22-14-7-4-12(5-8-14)17-2-1-3-19(27-17)16-11-26-18-9-6-13(10-15(16)18)20(23)28-21(24)25/h1-11,23,26H,(H3,24,25). The fourth-order valence-electron chi connectivity index (χ4n) is 3.01. The van der Waals surface area contributed by atoms with Crippen LogP contribution in [0.25, 0.3) is 33.4 Å². The number of fused-ring (bicyclic) bond motifs is 1. The Labute approximate surface area is 171 Å². The zero-order valence-corrected chi connectivity index (χ0v) is 16.2. The summed E-state index contributed by atoms with van der Waals surface area (Å²) in [5, 5.41) is 17.3. The molecule has 0 aliphatic rings. The van der Waals surface area contributed by atoms with E-state index in [-0.39, 0.29) is 10.2 Å². The van der Waals surface area contributed by atoms with E-state index in [0.717, 1.165) is 45.2 Å². The number of amidine groups is 1. The Morgan fingerprint density at radius 1 is 1.00 bits per heavy atom. The molecule has 7 heteroatoms. The zero-order valence-electron chi connectivity index (χ0n) is 14.7. The van der Waals surface area contributed by atoms with E-state index >= 15 is 0 Å². The molecular formula is C21H16ClN5S. The van der Waals surface area contributed by atoms with Crippen LogP contribution in [0, 0.1) is 10.8 Å². The highest BCUT2D eigenvalue weighted by atomic mass is 35.5. The summed E-state index contributed by atoms with van der Waals surface area (Å²) in [6, 6.07) is 19.2. The van der Waals surface area contributed by atoms with Gasteiger partial charge in [-0.25, -0.2) is 4.98 Å². The van der Waals surface area contributed by atoms with Crippen molar-refractivity contribution in [2.45, 2.75) is 0 Å². The third-order valence-corrected chi connectivity index (χ3v) is 5.23. The number of aromatic amines is 1. The number of nitrogens with two attached hydrogens (primary N) is 1. The minimum absolute atomic E-state index is 0.100.